The Morgan fingerprint density at radius 1 is 1.09 bits per heavy atom. The second-order valence-electron chi connectivity index (χ2n) is 7.78. The van der Waals surface area contributed by atoms with Crippen molar-refractivity contribution >= 4 is 28.5 Å². The summed E-state index contributed by atoms with van der Waals surface area (Å²) in [5.74, 6) is -0.183. The first-order valence-corrected chi connectivity index (χ1v) is 10.6. The predicted octanol–water partition coefficient (Wildman–Crippen LogP) is 5.10. The molecule has 4 aromatic heterocycles. The highest BCUT2D eigenvalue weighted by atomic mass is 35.5. The van der Waals surface area contributed by atoms with Crippen molar-refractivity contribution in [3.8, 4) is 22.3 Å². The molecule has 0 spiro atoms. The van der Waals surface area contributed by atoms with Gasteiger partial charge in [-0.15, -0.1) is 0 Å². The number of aromatic amines is 2. The van der Waals surface area contributed by atoms with E-state index in [4.69, 9.17) is 11.6 Å². The van der Waals surface area contributed by atoms with Crippen LogP contribution in [0.5, 0.6) is 0 Å². The zero-order chi connectivity index (χ0) is 22.2. The average Bonchev–Trinajstić information content (AvgIpc) is 3.52. The number of carbonyl (C=O) groups is 1. The lowest BCUT2D eigenvalue weighted by Gasteiger charge is -2.14. The number of carbonyl (C=O) groups excluding carboxylic acids is 1. The molecule has 7 nitrogen and oxygen atoms in total. The fourth-order valence-electron chi connectivity index (χ4n) is 3.78. The van der Waals surface area contributed by atoms with Gasteiger partial charge in [-0.3, -0.25) is 9.48 Å². The molecule has 0 radical (unpaired) electrons. The molecule has 1 amide bonds. The summed E-state index contributed by atoms with van der Waals surface area (Å²) in [6.07, 6.45) is 9.33. The van der Waals surface area contributed by atoms with Crippen molar-refractivity contribution in [1.29, 1.82) is 0 Å². The molecular formula is C24H21ClN6O. The first kappa shape index (κ1) is 20.1. The number of rotatable bonds is 5. The number of aromatic nitrogens is 5. The number of fused-ring (bicyclic) bond motifs is 1. The summed E-state index contributed by atoms with van der Waals surface area (Å²) >= 11 is 6.07. The molecule has 0 saturated heterocycles. The van der Waals surface area contributed by atoms with Crippen LogP contribution >= 0.6 is 11.6 Å². The number of nitrogens with one attached hydrogen (secondary N) is 3. The number of hydrogen-bond donors (Lipinski definition) is 3. The summed E-state index contributed by atoms with van der Waals surface area (Å²) in [7, 11) is 1.89. The molecule has 0 saturated carbocycles. The molecule has 4 heterocycles. The van der Waals surface area contributed by atoms with E-state index in [0.717, 1.165) is 38.9 Å². The summed E-state index contributed by atoms with van der Waals surface area (Å²) in [5, 5.41) is 8.87. The van der Waals surface area contributed by atoms with E-state index in [1.54, 1.807) is 4.68 Å². The summed E-state index contributed by atoms with van der Waals surface area (Å²) in [4.78, 5) is 23.6. The third-order valence-corrected chi connectivity index (χ3v) is 5.74. The average molecular weight is 445 g/mol. The number of H-pyrrole nitrogens is 2. The number of amides is 1. The molecule has 0 aliphatic rings. The highest BCUT2D eigenvalue weighted by molar-refractivity contribution is 6.30. The minimum absolute atomic E-state index is 0.174. The van der Waals surface area contributed by atoms with E-state index < -0.39 is 0 Å². The van der Waals surface area contributed by atoms with E-state index in [-0.39, 0.29) is 11.9 Å². The Morgan fingerprint density at radius 2 is 1.97 bits per heavy atom. The van der Waals surface area contributed by atoms with Crippen molar-refractivity contribution in [3.05, 3.63) is 83.7 Å². The van der Waals surface area contributed by atoms with Gasteiger partial charge < -0.3 is 15.3 Å². The lowest BCUT2D eigenvalue weighted by atomic mass is 10.1. The maximum absolute atomic E-state index is 12.8. The van der Waals surface area contributed by atoms with Crippen LogP contribution in [-0.2, 0) is 7.05 Å². The molecule has 1 atom stereocenters. The molecular weight excluding hydrogens is 424 g/mol. The van der Waals surface area contributed by atoms with Crippen molar-refractivity contribution < 1.29 is 4.79 Å². The Kier molecular flexibility index (Phi) is 5.03. The minimum atomic E-state index is -0.183. The fraction of sp³-hybridized carbons (Fsp3) is 0.125. The van der Waals surface area contributed by atoms with Crippen molar-refractivity contribution in [3.63, 3.8) is 0 Å². The van der Waals surface area contributed by atoms with Gasteiger partial charge in [0, 0.05) is 64.5 Å². The van der Waals surface area contributed by atoms with Gasteiger partial charge in [0.1, 0.15) is 11.3 Å². The van der Waals surface area contributed by atoms with Crippen LogP contribution in [0.4, 0.5) is 0 Å². The van der Waals surface area contributed by atoms with Crippen LogP contribution in [-0.4, -0.2) is 30.6 Å². The summed E-state index contributed by atoms with van der Waals surface area (Å²) in [5.41, 5.74) is 6.07. The second kappa shape index (κ2) is 8.01. The molecule has 3 N–H and O–H groups in total. The molecule has 1 aromatic carbocycles. The molecule has 5 rings (SSSR count). The molecule has 0 bridgehead atoms. The van der Waals surface area contributed by atoms with Crippen molar-refractivity contribution in [2.45, 2.75) is 13.0 Å². The van der Waals surface area contributed by atoms with Gasteiger partial charge in [-0.1, -0.05) is 23.7 Å². The number of halogens is 1. The van der Waals surface area contributed by atoms with Gasteiger partial charge in [0.15, 0.2) is 0 Å². The Labute approximate surface area is 189 Å². The van der Waals surface area contributed by atoms with Crippen LogP contribution in [0.3, 0.4) is 0 Å². The summed E-state index contributed by atoms with van der Waals surface area (Å²) < 4.78 is 1.76. The fourth-order valence-corrected chi connectivity index (χ4v) is 3.98. The lowest BCUT2D eigenvalue weighted by Crippen LogP contribution is -2.26. The molecule has 32 heavy (non-hydrogen) atoms. The number of nitrogens with zero attached hydrogens (tertiary/aromatic N) is 3. The van der Waals surface area contributed by atoms with Crippen molar-refractivity contribution in [1.82, 2.24) is 30.0 Å². The zero-order valence-electron chi connectivity index (χ0n) is 17.6. The second-order valence-corrected chi connectivity index (χ2v) is 8.21. The predicted molar refractivity (Wildman–Crippen MR) is 125 cm³/mol. The highest BCUT2D eigenvalue weighted by Gasteiger charge is 2.16. The van der Waals surface area contributed by atoms with Crippen LogP contribution in [0.1, 0.15) is 29.0 Å². The Hall–Kier alpha value is -3.84. The van der Waals surface area contributed by atoms with Gasteiger partial charge in [0.2, 0.25) is 0 Å². The Morgan fingerprint density at radius 3 is 2.75 bits per heavy atom. The number of hydrogen-bond acceptors (Lipinski definition) is 3. The van der Waals surface area contributed by atoms with Crippen LogP contribution < -0.4 is 5.32 Å². The summed E-state index contributed by atoms with van der Waals surface area (Å²) in [6, 6.07) is 11.2. The molecule has 8 heteroatoms. The first-order valence-electron chi connectivity index (χ1n) is 10.2. The van der Waals surface area contributed by atoms with Gasteiger partial charge in [-0.25, -0.2) is 4.98 Å². The van der Waals surface area contributed by atoms with Gasteiger partial charge >= 0.3 is 0 Å². The zero-order valence-corrected chi connectivity index (χ0v) is 18.3. The highest BCUT2D eigenvalue weighted by Crippen LogP contribution is 2.31. The molecule has 5 aromatic rings. The van der Waals surface area contributed by atoms with Crippen LogP contribution in [0.2, 0.25) is 5.02 Å². The molecule has 0 aliphatic heterocycles. The van der Waals surface area contributed by atoms with Gasteiger partial charge in [-0.05, 0) is 36.8 Å². The normalized spacial score (nSPS) is 12.2. The minimum Gasteiger partial charge on any atom is -0.357 e. The van der Waals surface area contributed by atoms with E-state index in [0.29, 0.717) is 10.7 Å². The number of benzene rings is 1. The maximum atomic E-state index is 12.8. The van der Waals surface area contributed by atoms with E-state index in [1.807, 2.05) is 75.3 Å². The monoisotopic (exact) mass is 444 g/mol. The van der Waals surface area contributed by atoms with Gasteiger partial charge in [0.25, 0.3) is 5.91 Å². The molecule has 0 aliphatic carbocycles. The quantitative estimate of drug-likeness (QED) is 0.352. The van der Waals surface area contributed by atoms with Crippen LogP contribution in [0.15, 0.2) is 67.4 Å². The standard InChI is InChI=1S/C24H21ClN6O/c1-14(15-4-3-5-19(25)6-15)30-24(32)22-8-17(10-26-22)21-12-28-23-20(21)7-16(9-27-23)18-11-29-31(2)13-18/h3-14,26H,1-2H3,(H,27,28)(H,30,32). The summed E-state index contributed by atoms with van der Waals surface area (Å²) in [6.45, 7) is 1.93. The van der Waals surface area contributed by atoms with E-state index in [1.165, 1.54) is 0 Å². The van der Waals surface area contributed by atoms with Gasteiger partial charge in [-0.2, -0.15) is 5.10 Å². The van der Waals surface area contributed by atoms with Crippen LogP contribution in [0.25, 0.3) is 33.3 Å². The largest absolute Gasteiger partial charge is 0.357 e. The Balaban J connectivity index is 1.41. The van der Waals surface area contributed by atoms with E-state index in [2.05, 4.69) is 31.4 Å². The molecule has 1 unspecified atom stereocenters. The number of aryl methyl sites for hydroxylation is 1. The van der Waals surface area contributed by atoms with Gasteiger partial charge in [0.05, 0.1) is 12.2 Å². The molecule has 0 fully saturated rings. The third kappa shape index (κ3) is 3.78. The lowest BCUT2D eigenvalue weighted by molar-refractivity contribution is 0.0935. The van der Waals surface area contributed by atoms with E-state index >= 15 is 0 Å². The smallest absolute Gasteiger partial charge is 0.268 e. The first-order chi connectivity index (χ1) is 15.5. The van der Waals surface area contributed by atoms with Crippen molar-refractivity contribution in [2.75, 3.05) is 0 Å². The SMILES string of the molecule is CC(NC(=O)c1cc(-c2c[nH]c3ncc(-c4cnn(C)c4)cc23)c[nH]1)c1cccc(Cl)c1. The molecule has 160 valence electrons. The van der Waals surface area contributed by atoms with Crippen LogP contribution in [0, 0.1) is 0 Å². The maximum Gasteiger partial charge on any atom is 0.268 e. The third-order valence-electron chi connectivity index (χ3n) is 5.50. The van der Waals surface area contributed by atoms with Crippen molar-refractivity contribution in [2.24, 2.45) is 7.05 Å². The van der Waals surface area contributed by atoms with E-state index in [9.17, 15) is 4.79 Å². The Bertz CT molecular complexity index is 1430. The number of pyridine rings is 1. The topological polar surface area (TPSA) is 91.4 Å².